The van der Waals surface area contributed by atoms with Crippen LogP contribution in [-0.2, 0) is 4.84 Å². The van der Waals surface area contributed by atoms with E-state index >= 15 is 0 Å². The van der Waals surface area contributed by atoms with Gasteiger partial charge in [0.05, 0.1) is 12.6 Å². The van der Waals surface area contributed by atoms with Gasteiger partial charge in [-0.25, -0.2) is 14.8 Å². The van der Waals surface area contributed by atoms with Crippen LogP contribution in [0.5, 0.6) is 0 Å². The number of nitrogens with zero attached hydrogens (tertiary/aromatic N) is 4. The number of nitrogens with two attached hydrogens (primary N) is 1. The summed E-state index contributed by atoms with van der Waals surface area (Å²) >= 11 is 0. The smallest absolute Gasteiger partial charge is 0.346 e. The van der Waals surface area contributed by atoms with Crippen molar-refractivity contribution in [2.45, 2.75) is 52.2 Å². The van der Waals surface area contributed by atoms with Gasteiger partial charge in [-0.2, -0.15) is 10.2 Å². The second-order valence-corrected chi connectivity index (χ2v) is 8.75. The topological polar surface area (TPSA) is 129 Å². The van der Waals surface area contributed by atoms with Crippen LogP contribution in [0.25, 0.3) is 0 Å². The van der Waals surface area contributed by atoms with E-state index in [0.717, 1.165) is 30.4 Å². The molecule has 2 amide bonds. The average Bonchev–Trinajstić information content (AvgIpc) is 3.60. The van der Waals surface area contributed by atoms with Crippen LogP contribution in [0.1, 0.15) is 44.2 Å². The van der Waals surface area contributed by atoms with Gasteiger partial charge in [-0.15, -0.1) is 0 Å². The third kappa shape index (κ3) is 6.88. The minimum Gasteiger partial charge on any atom is -0.386 e. The van der Waals surface area contributed by atoms with E-state index in [1.807, 2.05) is 59.1 Å². The van der Waals surface area contributed by atoms with Gasteiger partial charge in [0.15, 0.2) is 6.17 Å². The van der Waals surface area contributed by atoms with Crippen LogP contribution in [0.4, 0.5) is 10.5 Å². The Balaban J connectivity index is 0.000000748. The number of benzene rings is 1. The standard InChI is InChI=1S/C24H25N7O2.C2H7N.C2H6/c1-15-7-9-18(28-24(32)31-20(11-12-33-31)16-5-3-2-4-6-16)13-17(15)8-10-19-21-22(25)26-14-27-23(21)30-29-19;1-3-2;1-2/h2-3,5,7,9,13-14,20-21,23,30H,4,6,11-12H2,1H3,(H,28,32)(H2,25,26,27);3H,1-2H3;1-2H3/t20-,21?,23?;;/m1../s1. The van der Waals surface area contributed by atoms with E-state index in [1.165, 1.54) is 17.0 Å². The van der Waals surface area contributed by atoms with Gasteiger partial charge >= 0.3 is 6.03 Å². The molecule has 1 aliphatic carbocycles. The summed E-state index contributed by atoms with van der Waals surface area (Å²) in [4.78, 5) is 26.9. The molecule has 1 fully saturated rings. The molecule has 0 radical (unpaired) electrons. The molecular weight excluding hydrogens is 480 g/mol. The van der Waals surface area contributed by atoms with Crippen molar-refractivity contribution in [2.75, 3.05) is 26.0 Å². The molecule has 38 heavy (non-hydrogen) atoms. The molecule has 4 aliphatic rings. The van der Waals surface area contributed by atoms with Gasteiger partial charge in [-0.1, -0.05) is 44.1 Å². The highest BCUT2D eigenvalue weighted by molar-refractivity contribution is 6.17. The third-order valence-corrected chi connectivity index (χ3v) is 6.07. The Bertz CT molecular complexity index is 1200. The van der Waals surface area contributed by atoms with Crippen molar-refractivity contribution in [3.63, 3.8) is 0 Å². The summed E-state index contributed by atoms with van der Waals surface area (Å²) in [5, 5.41) is 11.4. The summed E-state index contributed by atoms with van der Waals surface area (Å²) in [6, 6.07) is 5.31. The van der Waals surface area contributed by atoms with E-state index in [4.69, 9.17) is 10.6 Å². The summed E-state index contributed by atoms with van der Waals surface area (Å²) in [7, 11) is 3.75. The zero-order valence-corrected chi connectivity index (χ0v) is 22.8. The van der Waals surface area contributed by atoms with Crippen LogP contribution < -0.4 is 21.8 Å². The molecule has 3 aliphatic heterocycles. The fraction of sp³-hybridized carbons (Fsp3) is 0.429. The van der Waals surface area contributed by atoms with Crippen molar-refractivity contribution < 1.29 is 9.63 Å². The maximum atomic E-state index is 13.0. The zero-order chi connectivity index (χ0) is 27.5. The lowest BCUT2D eigenvalue weighted by Crippen LogP contribution is -2.40. The molecule has 1 aromatic carbocycles. The van der Waals surface area contributed by atoms with E-state index in [1.54, 1.807) is 0 Å². The number of aliphatic imine (C=N–C) groups is 2. The van der Waals surface area contributed by atoms with Crippen molar-refractivity contribution in [1.82, 2.24) is 15.8 Å². The van der Waals surface area contributed by atoms with E-state index in [0.29, 0.717) is 23.8 Å². The highest BCUT2D eigenvalue weighted by Gasteiger charge is 2.35. The number of allylic oxidation sites excluding steroid dienone is 3. The Labute approximate surface area is 225 Å². The number of rotatable bonds is 2. The largest absolute Gasteiger partial charge is 0.386 e. The van der Waals surface area contributed by atoms with Gasteiger partial charge in [0.2, 0.25) is 0 Å². The van der Waals surface area contributed by atoms with Crippen molar-refractivity contribution in [1.29, 1.82) is 0 Å². The molecular formula is C28H38N8O2. The molecule has 2 unspecified atom stereocenters. The second kappa shape index (κ2) is 14.1. The SMILES string of the molecule is CC.CNC.Cc1ccc(NC(=O)N2OCC[C@@H]2C2=CC=CCC2)cc1C#CC1=NNC2N=CN=C(N)C12. The van der Waals surface area contributed by atoms with E-state index < -0.39 is 0 Å². The molecule has 0 bridgehead atoms. The zero-order valence-electron chi connectivity index (χ0n) is 22.8. The lowest BCUT2D eigenvalue weighted by Gasteiger charge is -2.25. The first kappa shape index (κ1) is 28.6. The summed E-state index contributed by atoms with van der Waals surface area (Å²) < 4.78 is 0. The van der Waals surface area contributed by atoms with E-state index in [9.17, 15) is 4.79 Å². The minimum atomic E-state index is -0.285. The molecule has 10 nitrogen and oxygen atoms in total. The predicted octanol–water partition coefficient (Wildman–Crippen LogP) is 3.32. The molecule has 1 saturated heterocycles. The van der Waals surface area contributed by atoms with Crippen molar-refractivity contribution >= 4 is 29.6 Å². The molecule has 5 N–H and O–H groups in total. The number of amidine groups is 1. The molecule has 0 spiro atoms. The number of urea groups is 1. The Kier molecular flexibility index (Phi) is 10.6. The highest BCUT2D eigenvalue weighted by atomic mass is 16.7. The Morgan fingerprint density at radius 3 is 2.79 bits per heavy atom. The Morgan fingerprint density at radius 2 is 2.05 bits per heavy atom. The fourth-order valence-corrected chi connectivity index (χ4v) is 4.26. The van der Waals surface area contributed by atoms with Crippen LogP contribution in [0, 0.1) is 24.7 Å². The number of hydrogen-bond donors (Lipinski definition) is 4. The number of nitrogens with one attached hydrogen (secondary N) is 3. The first-order valence-electron chi connectivity index (χ1n) is 13.0. The number of fused-ring (bicyclic) bond motifs is 1. The van der Waals surface area contributed by atoms with Gasteiger partial charge < -0.3 is 16.4 Å². The summed E-state index contributed by atoms with van der Waals surface area (Å²) in [5.41, 5.74) is 13.2. The summed E-state index contributed by atoms with van der Waals surface area (Å²) in [6.07, 6.45) is 10.2. The van der Waals surface area contributed by atoms with Crippen molar-refractivity contribution in [3.05, 3.63) is 53.1 Å². The second-order valence-electron chi connectivity index (χ2n) is 8.75. The number of hydrogen-bond acceptors (Lipinski definition) is 8. The van der Waals surface area contributed by atoms with Crippen LogP contribution in [0.3, 0.4) is 0 Å². The Morgan fingerprint density at radius 1 is 1.26 bits per heavy atom. The molecule has 10 heteroatoms. The summed E-state index contributed by atoms with van der Waals surface area (Å²) in [5.74, 6) is 6.43. The van der Waals surface area contributed by atoms with Gasteiger partial charge in [-0.05, 0) is 63.1 Å². The predicted molar refractivity (Wildman–Crippen MR) is 154 cm³/mol. The van der Waals surface area contributed by atoms with Gasteiger partial charge in [0, 0.05) is 17.7 Å². The van der Waals surface area contributed by atoms with Crippen LogP contribution in [0.2, 0.25) is 0 Å². The number of amides is 2. The number of carbonyl (C=O) groups is 1. The first-order valence-corrected chi connectivity index (χ1v) is 13.0. The molecule has 3 atom stereocenters. The molecule has 1 aromatic rings. The monoisotopic (exact) mass is 518 g/mol. The molecule has 0 aromatic heterocycles. The van der Waals surface area contributed by atoms with E-state index in [-0.39, 0.29) is 24.2 Å². The van der Waals surface area contributed by atoms with Crippen LogP contribution in [0.15, 0.2) is 57.1 Å². The molecule has 5 rings (SSSR count). The highest BCUT2D eigenvalue weighted by Crippen LogP contribution is 2.28. The number of carbonyl (C=O) groups excluding carboxylic acids is 1. The van der Waals surface area contributed by atoms with Gasteiger partial charge in [-0.3, -0.25) is 10.3 Å². The van der Waals surface area contributed by atoms with E-state index in [2.05, 4.69) is 55.1 Å². The number of aryl methyl sites for hydroxylation is 1. The lowest BCUT2D eigenvalue weighted by molar-refractivity contribution is -0.0762. The average molecular weight is 519 g/mol. The van der Waals surface area contributed by atoms with Gasteiger partial charge in [0.1, 0.15) is 23.8 Å². The van der Waals surface area contributed by atoms with Crippen molar-refractivity contribution in [3.8, 4) is 11.8 Å². The number of hydroxylamine groups is 2. The van der Waals surface area contributed by atoms with Crippen LogP contribution in [-0.4, -0.2) is 61.9 Å². The Hall–Kier alpha value is -3.94. The molecule has 0 saturated carbocycles. The fourth-order valence-electron chi connectivity index (χ4n) is 4.26. The molecule has 202 valence electrons. The maximum absolute atomic E-state index is 13.0. The lowest BCUT2D eigenvalue weighted by atomic mass is 9.96. The van der Waals surface area contributed by atoms with Crippen molar-refractivity contribution in [2.24, 2.45) is 26.7 Å². The number of anilines is 1. The summed E-state index contributed by atoms with van der Waals surface area (Å²) in [6.45, 7) is 6.50. The quantitative estimate of drug-likeness (QED) is 0.447. The third-order valence-electron chi connectivity index (χ3n) is 6.07. The van der Waals surface area contributed by atoms with Gasteiger partial charge in [0.25, 0.3) is 0 Å². The van der Waals surface area contributed by atoms with Crippen LogP contribution >= 0.6 is 0 Å². The first-order chi connectivity index (χ1) is 18.5. The molecule has 3 heterocycles. The maximum Gasteiger partial charge on any atom is 0.346 e. The number of hydrazone groups is 1. The minimum absolute atomic E-state index is 0.0363. The normalized spacial score (nSPS) is 22.6.